The van der Waals surface area contributed by atoms with E-state index < -0.39 is 23.5 Å². The SMILES string of the molecule is CC(C)(C)OC(=O)N1CCC(F)(F)[C@@H](CN)C1. The van der Waals surface area contributed by atoms with Crippen molar-refractivity contribution < 1.29 is 18.3 Å². The van der Waals surface area contributed by atoms with Crippen LogP contribution in [0.15, 0.2) is 0 Å². The first-order valence-electron chi connectivity index (χ1n) is 5.71. The molecule has 0 unspecified atom stereocenters. The number of carbonyl (C=O) groups is 1. The minimum Gasteiger partial charge on any atom is -0.444 e. The Balaban J connectivity index is 2.61. The van der Waals surface area contributed by atoms with E-state index in [-0.39, 0.29) is 26.1 Å². The van der Waals surface area contributed by atoms with Crippen molar-refractivity contribution in [3.8, 4) is 0 Å². The third-order valence-electron chi connectivity index (χ3n) is 2.69. The molecule has 1 rings (SSSR count). The van der Waals surface area contributed by atoms with Gasteiger partial charge < -0.3 is 15.4 Å². The number of carbonyl (C=O) groups excluding carboxylic acids is 1. The molecule has 2 N–H and O–H groups in total. The van der Waals surface area contributed by atoms with Crippen LogP contribution >= 0.6 is 0 Å². The van der Waals surface area contributed by atoms with E-state index in [4.69, 9.17) is 10.5 Å². The van der Waals surface area contributed by atoms with E-state index in [1.807, 2.05) is 0 Å². The number of halogens is 2. The van der Waals surface area contributed by atoms with Crippen molar-refractivity contribution in [3.05, 3.63) is 0 Å². The highest BCUT2D eigenvalue weighted by molar-refractivity contribution is 5.68. The molecule has 0 aromatic carbocycles. The maximum Gasteiger partial charge on any atom is 0.410 e. The van der Waals surface area contributed by atoms with E-state index in [0.29, 0.717) is 0 Å². The Morgan fingerprint density at radius 1 is 1.53 bits per heavy atom. The summed E-state index contributed by atoms with van der Waals surface area (Å²) in [6.45, 7) is 5.06. The van der Waals surface area contributed by atoms with Crippen LogP contribution in [0.1, 0.15) is 27.2 Å². The molecule has 1 aliphatic heterocycles. The second-order valence-corrected chi connectivity index (χ2v) is 5.37. The lowest BCUT2D eigenvalue weighted by Crippen LogP contribution is -2.52. The molecule has 4 nitrogen and oxygen atoms in total. The molecule has 100 valence electrons. The number of hydrogen-bond acceptors (Lipinski definition) is 3. The third kappa shape index (κ3) is 3.80. The van der Waals surface area contributed by atoms with Gasteiger partial charge in [0.1, 0.15) is 5.60 Å². The zero-order valence-corrected chi connectivity index (χ0v) is 10.5. The molecule has 0 spiro atoms. The number of hydrogen-bond donors (Lipinski definition) is 1. The van der Waals surface area contributed by atoms with Crippen molar-refractivity contribution in [1.82, 2.24) is 4.90 Å². The van der Waals surface area contributed by atoms with E-state index in [1.165, 1.54) is 4.90 Å². The van der Waals surface area contributed by atoms with Crippen molar-refractivity contribution in [2.45, 2.75) is 38.7 Å². The molecule has 1 atom stereocenters. The molecule has 1 fully saturated rings. The van der Waals surface area contributed by atoms with E-state index in [2.05, 4.69) is 0 Å². The van der Waals surface area contributed by atoms with Crippen molar-refractivity contribution >= 4 is 6.09 Å². The lowest BCUT2D eigenvalue weighted by molar-refractivity contribution is -0.101. The highest BCUT2D eigenvalue weighted by Gasteiger charge is 2.44. The first kappa shape index (κ1) is 14.2. The van der Waals surface area contributed by atoms with Gasteiger partial charge in [-0.3, -0.25) is 0 Å². The van der Waals surface area contributed by atoms with Crippen LogP contribution in [0, 0.1) is 5.92 Å². The topological polar surface area (TPSA) is 55.6 Å². The van der Waals surface area contributed by atoms with Gasteiger partial charge in [0.15, 0.2) is 0 Å². The Hall–Kier alpha value is -0.910. The Morgan fingerprint density at radius 3 is 2.59 bits per heavy atom. The standard InChI is InChI=1S/C11H20F2N2O2/c1-10(2,3)17-9(16)15-5-4-11(12,13)8(6-14)7-15/h8H,4-7,14H2,1-3H3/t8-/m0/s1. The molecule has 0 aromatic heterocycles. The zero-order valence-electron chi connectivity index (χ0n) is 10.5. The molecule has 0 radical (unpaired) electrons. The number of nitrogens with two attached hydrogens (primary N) is 1. The lowest BCUT2D eigenvalue weighted by Gasteiger charge is -2.38. The number of nitrogens with zero attached hydrogens (tertiary/aromatic N) is 1. The fraction of sp³-hybridized carbons (Fsp3) is 0.909. The van der Waals surface area contributed by atoms with Crippen molar-refractivity contribution in [3.63, 3.8) is 0 Å². The van der Waals surface area contributed by atoms with Gasteiger partial charge in [0.2, 0.25) is 0 Å². The van der Waals surface area contributed by atoms with Gasteiger partial charge in [-0.15, -0.1) is 0 Å². The molecule has 1 aliphatic rings. The Labute approximate surface area is 100 Å². The van der Waals surface area contributed by atoms with Gasteiger partial charge in [0.05, 0.1) is 5.92 Å². The van der Waals surface area contributed by atoms with Gasteiger partial charge in [-0.25, -0.2) is 13.6 Å². The minimum absolute atomic E-state index is 0.0123. The Kier molecular flexibility index (Phi) is 3.96. The first-order valence-corrected chi connectivity index (χ1v) is 5.71. The fourth-order valence-electron chi connectivity index (χ4n) is 1.72. The molecule has 0 aliphatic carbocycles. The molecule has 0 bridgehead atoms. The summed E-state index contributed by atoms with van der Waals surface area (Å²) < 4.78 is 31.9. The molecule has 6 heteroatoms. The summed E-state index contributed by atoms with van der Waals surface area (Å²) in [5.41, 5.74) is 4.69. The van der Waals surface area contributed by atoms with Crippen LogP contribution in [0.3, 0.4) is 0 Å². The second-order valence-electron chi connectivity index (χ2n) is 5.37. The third-order valence-corrected chi connectivity index (χ3v) is 2.69. The van der Waals surface area contributed by atoms with Gasteiger partial charge in [0, 0.05) is 26.1 Å². The Morgan fingerprint density at radius 2 is 2.12 bits per heavy atom. The van der Waals surface area contributed by atoms with Gasteiger partial charge in [-0.2, -0.15) is 0 Å². The molecule has 1 saturated heterocycles. The molecule has 1 heterocycles. The van der Waals surface area contributed by atoms with E-state index in [1.54, 1.807) is 20.8 Å². The van der Waals surface area contributed by atoms with Crippen LogP contribution in [-0.4, -0.2) is 42.2 Å². The predicted octanol–water partition coefficient (Wildman–Crippen LogP) is 1.84. The highest BCUT2D eigenvalue weighted by Crippen LogP contribution is 2.33. The predicted molar refractivity (Wildman–Crippen MR) is 59.9 cm³/mol. The van der Waals surface area contributed by atoms with Gasteiger partial charge >= 0.3 is 6.09 Å². The van der Waals surface area contributed by atoms with E-state index >= 15 is 0 Å². The number of rotatable bonds is 1. The summed E-state index contributed by atoms with van der Waals surface area (Å²) >= 11 is 0. The van der Waals surface area contributed by atoms with Crippen LogP contribution in [0.4, 0.5) is 13.6 Å². The van der Waals surface area contributed by atoms with Crippen molar-refractivity contribution in [2.24, 2.45) is 11.7 Å². The summed E-state index contributed by atoms with van der Waals surface area (Å²) in [6, 6.07) is 0. The van der Waals surface area contributed by atoms with Crippen LogP contribution in [-0.2, 0) is 4.74 Å². The molecular weight excluding hydrogens is 230 g/mol. The smallest absolute Gasteiger partial charge is 0.410 e. The maximum absolute atomic E-state index is 13.4. The molecular formula is C11H20F2N2O2. The summed E-state index contributed by atoms with van der Waals surface area (Å²) in [5, 5.41) is 0. The lowest BCUT2D eigenvalue weighted by atomic mass is 9.94. The summed E-state index contributed by atoms with van der Waals surface area (Å²) in [4.78, 5) is 13.0. The Bertz CT molecular complexity index is 290. The van der Waals surface area contributed by atoms with Crippen molar-refractivity contribution in [1.29, 1.82) is 0 Å². The zero-order chi connectivity index (χ0) is 13.3. The molecule has 17 heavy (non-hydrogen) atoms. The van der Waals surface area contributed by atoms with Gasteiger partial charge in [0.25, 0.3) is 5.92 Å². The number of alkyl halides is 2. The number of piperidine rings is 1. The molecule has 0 saturated carbocycles. The first-order chi connectivity index (χ1) is 7.65. The van der Waals surface area contributed by atoms with Crippen LogP contribution in [0.5, 0.6) is 0 Å². The monoisotopic (exact) mass is 250 g/mol. The number of ether oxygens (including phenoxy) is 1. The minimum atomic E-state index is -2.78. The summed E-state index contributed by atoms with van der Waals surface area (Å²) in [5.74, 6) is -3.77. The number of amides is 1. The average Bonchev–Trinajstić information content (AvgIpc) is 2.14. The summed E-state index contributed by atoms with van der Waals surface area (Å²) in [7, 11) is 0. The largest absolute Gasteiger partial charge is 0.444 e. The molecule has 0 aromatic rings. The van der Waals surface area contributed by atoms with E-state index in [9.17, 15) is 13.6 Å². The summed E-state index contributed by atoms with van der Waals surface area (Å²) in [6.07, 6.45) is -0.903. The quantitative estimate of drug-likeness (QED) is 0.772. The fourth-order valence-corrected chi connectivity index (χ4v) is 1.72. The van der Waals surface area contributed by atoms with Crippen LogP contribution < -0.4 is 5.73 Å². The van der Waals surface area contributed by atoms with Gasteiger partial charge in [-0.05, 0) is 20.8 Å². The average molecular weight is 250 g/mol. The van der Waals surface area contributed by atoms with Crippen LogP contribution in [0.25, 0.3) is 0 Å². The van der Waals surface area contributed by atoms with Gasteiger partial charge in [-0.1, -0.05) is 0 Å². The maximum atomic E-state index is 13.4. The van der Waals surface area contributed by atoms with Crippen LogP contribution in [0.2, 0.25) is 0 Å². The highest BCUT2D eigenvalue weighted by atomic mass is 19.3. The normalized spacial score (nSPS) is 24.6. The second kappa shape index (κ2) is 4.76. The van der Waals surface area contributed by atoms with E-state index in [0.717, 1.165) is 0 Å². The number of likely N-dealkylation sites (tertiary alicyclic amines) is 1. The van der Waals surface area contributed by atoms with Crippen molar-refractivity contribution in [2.75, 3.05) is 19.6 Å². The molecule has 1 amide bonds.